The van der Waals surface area contributed by atoms with Gasteiger partial charge in [-0.2, -0.15) is 0 Å². The maximum Gasteiger partial charge on any atom is 0.123 e. The standard InChI is InChI=1S/C16H25BrN2O/c1-4-13-7-5-11(2)19(13)15(10-18)14-9-12(17)6-8-16(14)20-3/h6,8-9,11,13,15H,4-5,7,10,18H2,1-3H3. The molecule has 0 saturated carbocycles. The van der Waals surface area contributed by atoms with Gasteiger partial charge < -0.3 is 10.5 Å². The van der Waals surface area contributed by atoms with Crippen molar-refractivity contribution < 1.29 is 4.74 Å². The first-order chi connectivity index (χ1) is 9.62. The molecule has 0 spiro atoms. The summed E-state index contributed by atoms with van der Waals surface area (Å²) in [6.45, 7) is 5.19. The normalized spacial score (nSPS) is 24.9. The first-order valence-electron chi connectivity index (χ1n) is 7.43. The maximum absolute atomic E-state index is 6.12. The number of ether oxygens (including phenoxy) is 1. The summed E-state index contributed by atoms with van der Waals surface area (Å²) in [6, 6.07) is 7.61. The fraction of sp³-hybridized carbons (Fsp3) is 0.625. The molecule has 1 aromatic rings. The van der Waals surface area contributed by atoms with E-state index >= 15 is 0 Å². The lowest BCUT2D eigenvalue weighted by atomic mass is 10.0. The minimum Gasteiger partial charge on any atom is -0.496 e. The zero-order chi connectivity index (χ0) is 14.7. The molecule has 1 heterocycles. The predicted molar refractivity (Wildman–Crippen MR) is 87.1 cm³/mol. The fourth-order valence-electron chi connectivity index (χ4n) is 3.44. The number of benzene rings is 1. The van der Waals surface area contributed by atoms with Crippen LogP contribution in [0, 0.1) is 0 Å². The van der Waals surface area contributed by atoms with E-state index in [1.165, 1.54) is 24.8 Å². The lowest BCUT2D eigenvalue weighted by Gasteiger charge is -2.36. The van der Waals surface area contributed by atoms with Crippen LogP contribution in [0.2, 0.25) is 0 Å². The largest absolute Gasteiger partial charge is 0.496 e. The Kier molecular flexibility index (Phi) is 5.47. The van der Waals surface area contributed by atoms with Gasteiger partial charge in [0, 0.05) is 28.7 Å². The van der Waals surface area contributed by atoms with E-state index in [0.29, 0.717) is 18.6 Å². The lowest BCUT2D eigenvalue weighted by molar-refractivity contribution is 0.134. The van der Waals surface area contributed by atoms with Crippen molar-refractivity contribution in [3.8, 4) is 5.75 Å². The molecular weight excluding hydrogens is 316 g/mol. The summed E-state index contributed by atoms with van der Waals surface area (Å²) < 4.78 is 6.62. The molecule has 1 aliphatic rings. The molecule has 3 atom stereocenters. The number of halogens is 1. The summed E-state index contributed by atoms with van der Waals surface area (Å²) in [5.41, 5.74) is 7.32. The number of rotatable bonds is 5. The van der Waals surface area contributed by atoms with Crippen LogP contribution in [0.4, 0.5) is 0 Å². The molecule has 1 aromatic carbocycles. The molecule has 0 aliphatic carbocycles. The second-order valence-electron chi connectivity index (χ2n) is 5.57. The Labute approximate surface area is 130 Å². The van der Waals surface area contributed by atoms with Gasteiger partial charge in [-0.3, -0.25) is 4.90 Å². The van der Waals surface area contributed by atoms with Crippen LogP contribution in [0.1, 0.15) is 44.7 Å². The van der Waals surface area contributed by atoms with Crippen molar-refractivity contribution in [2.24, 2.45) is 5.73 Å². The van der Waals surface area contributed by atoms with Crippen LogP contribution >= 0.6 is 15.9 Å². The summed E-state index contributed by atoms with van der Waals surface area (Å²) in [5.74, 6) is 0.928. The lowest BCUT2D eigenvalue weighted by Crippen LogP contribution is -2.41. The van der Waals surface area contributed by atoms with E-state index in [1.54, 1.807) is 7.11 Å². The highest BCUT2D eigenvalue weighted by atomic mass is 79.9. The van der Waals surface area contributed by atoms with Crippen molar-refractivity contribution in [1.29, 1.82) is 0 Å². The molecule has 1 fully saturated rings. The second-order valence-corrected chi connectivity index (χ2v) is 6.49. The van der Waals surface area contributed by atoms with Crippen molar-refractivity contribution in [2.75, 3.05) is 13.7 Å². The van der Waals surface area contributed by atoms with Gasteiger partial charge >= 0.3 is 0 Å². The van der Waals surface area contributed by atoms with Crippen molar-refractivity contribution in [3.63, 3.8) is 0 Å². The summed E-state index contributed by atoms with van der Waals surface area (Å²) in [4.78, 5) is 2.59. The molecule has 0 amide bonds. The number of hydrogen-bond donors (Lipinski definition) is 1. The monoisotopic (exact) mass is 340 g/mol. The van der Waals surface area contributed by atoms with E-state index in [1.807, 2.05) is 12.1 Å². The van der Waals surface area contributed by atoms with Crippen LogP contribution in [0.15, 0.2) is 22.7 Å². The van der Waals surface area contributed by atoms with Crippen LogP contribution in [0.3, 0.4) is 0 Å². The molecule has 3 unspecified atom stereocenters. The zero-order valence-corrected chi connectivity index (χ0v) is 14.2. The van der Waals surface area contributed by atoms with Gasteiger partial charge in [-0.1, -0.05) is 22.9 Å². The van der Waals surface area contributed by atoms with Gasteiger partial charge in [0.25, 0.3) is 0 Å². The topological polar surface area (TPSA) is 38.5 Å². The van der Waals surface area contributed by atoms with Gasteiger partial charge in [-0.05, 0) is 44.4 Å². The SMILES string of the molecule is CCC1CCC(C)N1C(CN)c1cc(Br)ccc1OC. The molecule has 3 nitrogen and oxygen atoms in total. The Morgan fingerprint density at radius 2 is 2.20 bits per heavy atom. The molecule has 20 heavy (non-hydrogen) atoms. The molecule has 0 radical (unpaired) electrons. The molecule has 1 aliphatic heterocycles. The van der Waals surface area contributed by atoms with Gasteiger partial charge in [0.05, 0.1) is 13.2 Å². The Hall–Kier alpha value is -0.580. The van der Waals surface area contributed by atoms with Gasteiger partial charge in [-0.15, -0.1) is 0 Å². The fourth-order valence-corrected chi connectivity index (χ4v) is 3.82. The minimum atomic E-state index is 0.227. The summed E-state index contributed by atoms with van der Waals surface area (Å²) in [6.07, 6.45) is 3.70. The van der Waals surface area contributed by atoms with E-state index in [-0.39, 0.29) is 6.04 Å². The Bertz CT molecular complexity index is 452. The van der Waals surface area contributed by atoms with Crippen LogP contribution in [0.25, 0.3) is 0 Å². The van der Waals surface area contributed by atoms with E-state index in [9.17, 15) is 0 Å². The predicted octanol–water partition coefficient (Wildman–Crippen LogP) is 3.72. The van der Waals surface area contributed by atoms with E-state index in [0.717, 1.165) is 10.2 Å². The zero-order valence-electron chi connectivity index (χ0n) is 12.6. The minimum absolute atomic E-state index is 0.227. The first-order valence-corrected chi connectivity index (χ1v) is 8.22. The van der Waals surface area contributed by atoms with Crippen LogP contribution in [-0.4, -0.2) is 30.6 Å². The second kappa shape index (κ2) is 6.92. The van der Waals surface area contributed by atoms with Crippen LogP contribution in [-0.2, 0) is 0 Å². The van der Waals surface area contributed by atoms with E-state index < -0.39 is 0 Å². The van der Waals surface area contributed by atoms with Gasteiger partial charge in [0.15, 0.2) is 0 Å². The van der Waals surface area contributed by atoms with E-state index in [2.05, 4.69) is 40.7 Å². The maximum atomic E-state index is 6.12. The number of nitrogens with two attached hydrogens (primary N) is 1. The van der Waals surface area contributed by atoms with Crippen LogP contribution < -0.4 is 10.5 Å². The van der Waals surface area contributed by atoms with Crippen molar-refractivity contribution in [2.45, 2.75) is 51.2 Å². The number of methoxy groups -OCH3 is 1. The quantitative estimate of drug-likeness (QED) is 0.887. The molecule has 1 saturated heterocycles. The van der Waals surface area contributed by atoms with Crippen molar-refractivity contribution in [1.82, 2.24) is 4.90 Å². The highest BCUT2D eigenvalue weighted by Crippen LogP contribution is 2.38. The van der Waals surface area contributed by atoms with Crippen molar-refractivity contribution in [3.05, 3.63) is 28.2 Å². The summed E-state index contributed by atoms with van der Waals surface area (Å²) in [7, 11) is 1.73. The molecule has 2 N–H and O–H groups in total. The highest BCUT2D eigenvalue weighted by molar-refractivity contribution is 9.10. The molecule has 112 valence electrons. The Balaban J connectivity index is 2.38. The number of hydrogen-bond acceptors (Lipinski definition) is 3. The number of likely N-dealkylation sites (tertiary alicyclic amines) is 1. The smallest absolute Gasteiger partial charge is 0.123 e. The first kappa shape index (κ1) is 15.8. The Morgan fingerprint density at radius 1 is 1.45 bits per heavy atom. The molecule has 0 aromatic heterocycles. The molecular formula is C16H25BrN2O. The number of nitrogens with zero attached hydrogens (tertiary/aromatic N) is 1. The Morgan fingerprint density at radius 3 is 2.80 bits per heavy atom. The van der Waals surface area contributed by atoms with Gasteiger partial charge in [0.1, 0.15) is 5.75 Å². The summed E-state index contributed by atoms with van der Waals surface area (Å²) in [5, 5.41) is 0. The van der Waals surface area contributed by atoms with Gasteiger partial charge in [-0.25, -0.2) is 0 Å². The third-order valence-electron chi connectivity index (χ3n) is 4.45. The average Bonchev–Trinajstić information content (AvgIpc) is 2.82. The third-order valence-corrected chi connectivity index (χ3v) is 4.95. The van der Waals surface area contributed by atoms with Crippen LogP contribution in [0.5, 0.6) is 5.75 Å². The summed E-state index contributed by atoms with van der Waals surface area (Å²) >= 11 is 3.56. The van der Waals surface area contributed by atoms with E-state index in [4.69, 9.17) is 10.5 Å². The van der Waals surface area contributed by atoms with Crippen molar-refractivity contribution >= 4 is 15.9 Å². The molecule has 4 heteroatoms. The molecule has 2 rings (SSSR count). The third kappa shape index (κ3) is 3.02. The molecule has 0 bridgehead atoms. The average molecular weight is 341 g/mol. The highest BCUT2D eigenvalue weighted by Gasteiger charge is 2.35. The van der Waals surface area contributed by atoms with Gasteiger partial charge in [0.2, 0.25) is 0 Å².